The largest absolute Gasteiger partial charge is 0.466 e. The quantitative estimate of drug-likeness (QED) is 0.563. The van der Waals surface area contributed by atoms with Crippen molar-refractivity contribution < 1.29 is 19.1 Å². The Bertz CT molecular complexity index is 460. The number of methoxy groups -OCH3 is 2. The standard InChI is InChI=1S/C15H18O4/c1-7-4-8-9(5-7)11-6-10(8)12(14(16)18-2)13(11)15(17)19-3/h8-11H,1,4-6H2,2-3H3. The van der Waals surface area contributed by atoms with Crippen molar-refractivity contribution in [1.82, 2.24) is 0 Å². The van der Waals surface area contributed by atoms with E-state index in [2.05, 4.69) is 6.58 Å². The normalized spacial score (nSPS) is 35.6. The smallest absolute Gasteiger partial charge is 0.334 e. The Kier molecular flexibility index (Phi) is 2.77. The van der Waals surface area contributed by atoms with Crippen LogP contribution in [-0.4, -0.2) is 26.2 Å². The lowest BCUT2D eigenvalue weighted by Crippen LogP contribution is -2.28. The third-order valence-electron chi connectivity index (χ3n) is 4.98. The van der Waals surface area contributed by atoms with Gasteiger partial charge < -0.3 is 9.47 Å². The molecule has 0 N–H and O–H groups in total. The number of allylic oxidation sites excluding steroid dienone is 1. The first-order valence-electron chi connectivity index (χ1n) is 6.65. The number of hydrogen-bond donors (Lipinski definition) is 0. The second-order valence-corrected chi connectivity index (χ2v) is 5.75. The second kappa shape index (κ2) is 4.22. The molecule has 19 heavy (non-hydrogen) atoms. The van der Waals surface area contributed by atoms with Crippen LogP contribution in [-0.2, 0) is 19.1 Å². The molecule has 4 atom stereocenters. The zero-order valence-electron chi connectivity index (χ0n) is 11.3. The van der Waals surface area contributed by atoms with Gasteiger partial charge in [-0.1, -0.05) is 12.2 Å². The fraction of sp³-hybridized carbons (Fsp3) is 0.600. The van der Waals surface area contributed by atoms with E-state index in [1.165, 1.54) is 19.8 Å². The maximum atomic E-state index is 12.0. The Labute approximate surface area is 112 Å². The van der Waals surface area contributed by atoms with Crippen molar-refractivity contribution in [3.63, 3.8) is 0 Å². The molecule has 0 aromatic carbocycles. The van der Waals surface area contributed by atoms with E-state index < -0.39 is 0 Å². The van der Waals surface area contributed by atoms with Gasteiger partial charge in [-0.15, -0.1) is 0 Å². The highest BCUT2D eigenvalue weighted by Crippen LogP contribution is 2.62. The van der Waals surface area contributed by atoms with Crippen LogP contribution in [0.1, 0.15) is 19.3 Å². The van der Waals surface area contributed by atoms with E-state index in [0.29, 0.717) is 23.0 Å². The molecule has 0 heterocycles. The average molecular weight is 262 g/mol. The lowest BCUT2D eigenvalue weighted by molar-refractivity contribution is -0.140. The molecule has 3 aliphatic carbocycles. The number of rotatable bonds is 2. The van der Waals surface area contributed by atoms with E-state index in [-0.39, 0.29) is 23.8 Å². The van der Waals surface area contributed by atoms with Crippen LogP contribution in [0.2, 0.25) is 0 Å². The minimum atomic E-state index is -0.371. The first kappa shape index (κ1) is 12.5. The van der Waals surface area contributed by atoms with E-state index >= 15 is 0 Å². The highest BCUT2D eigenvalue weighted by atomic mass is 16.5. The minimum absolute atomic E-state index is 0.149. The molecule has 2 bridgehead atoms. The Morgan fingerprint density at radius 1 is 1.00 bits per heavy atom. The molecule has 2 saturated carbocycles. The lowest BCUT2D eigenvalue weighted by atomic mass is 9.77. The number of fused-ring (bicyclic) bond motifs is 5. The summed E-state index contributed by atoms with van der Waals surface area (Å²) in [5, 5.41) is 0. The molecule has 0 aliphatic heterocycles. The van der Waals surface area contributed by atoms with Crippen molar-refractivity contribution in [2.75, 3.05) is 14.2 Å². The number of carbonyl (C=O) groups excluding carboxylic acids is 2. The van der Waals surface area contributed by atoms with E-state index in [4.69, 9.17) is 9.47 Å². The highest BCUT2D eigenvalue weighted by Gasteiger charge is 2.57. The van der Waals surface area contributed by atoms with Gasteiger partial charge in [0.05, 0.1) is 25.4 Å². The molecule has 2 fully saturated rings. The molecule has 4 heteroatoms. The summed E-state index contributed by atoms with van der Waals surface area (Å²) >= 11 is 0. The number of carbonyl (C=O) groups is 2. The molecule has 4 nitrogen and oxygen atoms in total. The Morgan fingerprint density at radius 3 is 1.79 bits per heavy atom. The van der Waals surface area contributed by atoms with Gasteiger partial charge in [0, 0.05) is 0 Å². The Morgan fingerprint density at radius 2 is 1.42 bits per heavy atom. The van der Waals surface area contributed by atoms with Crippen molar-refractivity contribution in [2.45, 2.75) is 19.3 Å². The monoisotopic (exact) mass is 262 g/mol. The molecular formula is C15H18O4. The summed E-state index contributed by atoms with van der Waals surface area (Å²) < 4.78 is 9.72. The third kappa shape index (κ3) is 1.58. The summed E-state index contributed by atoms with van der Waals surface area (Å²) in [5.41, 5.74) is 2.37. The van der Waals surface area contributed by atoms with Gasteiger partial charge in [-0.25, -0.2) is 9.59 Å². The van der Waals surface area contributed by atoms with Gasteiger partial charge in [-0.2, -0.15) is 0 Å². The fourth-order valence-corrected chi connectivity index (χ4v) is 4.36. The van der Waals surface area contributed by atoms with Gasteiger partial charge in [0.2, 0.25) is 0 Å². The van der Waals surface area contributed by atoms with Gasteiger partial charge in [0.15, 0.2) is 0 Å². The van der Waals surface area contributed by atoms with Crippen LogP contribution >= 0.6 is 0 Å². The predicted octanol–water partition coefficient (Wildman–Crippen LogP) is 1.86. The first-order chi connectivity index (χ1) is 9.08. The van der Waals surface area contributed by atoms with Crippen molar-refractivity contribution >= 4 is 11.9 Å². The second-order valence-electron chi connectivity index (χ2n) is 5.75. The summed E-state index contributed by atoms with van der Waals surface area (Å²) in [6.07, 6.45) is 2.83. The van der Waals surface area contributed by atoms with Crippen LogP contribution in [0, 0.1) is 23.7 Å². The van der Waals surface area contributed by atoms with Crippen LogP contribution in [0.25, 0.3) is 0 Å². The fourth-order valence-electron chi connectivity index (χ4n) is 4.36. The average Bonchev–Trinajstić information content (AvgIpc) is 3.04. The number of ether oxygens (including phenoxy) is 2. The van der Waals surface area contributed by atoms with Crippen LogP contribution in [0.15, 0.2) is 23.3 Å². The summed E-state index contributed by atoms with van der Waals surface area (Å²) in [7, 11) is 2.72. The molecule has 0 aromatic rings. The molecule has 0 radical (unpaired) electrons. The van der Waals surface area contributed by atoms with Gasteiger partial charge in [-0.05, 0) is 42.9 Å². The van der Waals surface area contributed by atoms with Gasteiger partial charge >= 0.3 is 11.9 Å². The predicted molar refractivity (Wildman–Crippen MR) is 68.0 cm³/mol. The summed E-state index contributed by atoms with van der Waals surface area (Å²) in [6, 6.07) is 0. The maximum absolute atomic E-state index is 12.0. The molecule has 3 rings (SSSR count). The topological polar surface area (TPSA) is 52.6 Å². The van der Waals surface area contributed by atoms with Crippen LogP contribution in [0.5, 0.6) is 0 Å². The van der Waals surface area contributed by atoms with Gasteiger partial charge in [0.1, 0.15) is 0 Å². The molecule has 4 unspecified atom stereocenters. The van der Waals surface area contributed by atoms with Crippen LogP contribution in [0.4, 0.5) is 0 Å². The van der Waals surface area contributed by atoms with E-state index in [0.717, 1.165) is 19.3 Å². The maximum Gasteiger partial charge on any atom is 0.334 e. The molecule has 0 amide bonds. The van der Waals surface area contributed by atoms with Crippen molar-refractivity contribution in [2.24, 2.45) is 23.7 Å². The van der Waals surface area contributed by atoms with E-state index in [1.807, 2.05) is 0 Å². The Balaban J connectivity index is 2.04. The number of hydrogen-bond acceptors (Lipinski definition) is 4. The molecule has 102 valence electrons. The highest BCUT2D eigenvalue weighted by molar-refractivity contribution is 6.02. The van der Waals surface area contributed by atoms with Gasteiger partial charge in [0.25, 0.3) is 0 Å². The Hall–Kier alpha value is -1.58. The van der Waals surface area contributed by atoms with Gasteiger partial charge in [-0.3, -0.25) is 0 Å². The summed E-state index contributed by atoms with van der Waals surface area (Å²) in [4.78, 5) is 24.0. The SMILES string of the molecule is C=C1CC2C3CC(C(C(=O)OC)=C3C(=O)OC)C2C1. The first-order valence-corrected chi connectivity index (χ1v) is 6.65. The van der Waals surface area contributed by atoms with Crippen molar-refractivity contribution in [3.8, 4) is 0 Å². The zero-order valence-corrected chi connectivity index (χ0v) is 11.3. The van der Waals surface area contributed by atoms with Crippen molar-refractivity contribution in [1.29, 1.82) is 0 Å². The molecule has 3 aliphatic rings. The summed E-state index contributed by atoms with van der Waals surface area (Å²) in [5.74, 6) is 0.472. The molecule has 0 saturated heterocycles. The summed E-state index contributed by atoms with van der Waals surface area (Å²) in [6.45, 7) is 4.06. The van der Waals surface area contributed by atoms with E-state index in [9.17, 15) is 9.59 Å². The minimum Gasteiger partial charge on any atom is -0.466 e. The zero-order chi connectivity index (χ0) is 13.7. The molecule has 0 aromatic heterocycles. The molecule has 0 spiro atoms. The third-order valence-corrected chi connectivity index (χ3v) is 4.98. The molecular weight excluding hydrogens is 244 g/mol. The van der Waals surface area contributed by atoms with Crippen LogP contribution in [0.3, 0.4) is 0 Å². The van der Waals surface area contributed by atoms with Crippen molar-refractivity contribution in [3.05, 3.63) is 23.3 Å². The van der Waals surface area contributed by atoms with E-state index in [1.54, 1.807) is 0 Å². The van der Waals surface area contributed by atoms with Crippen LogP contribution < -0.4 is 0 Å². The lowest BCUT2D eigenvalue weighted by Gasteiger charge is -2.27. The number of esters is 2.